The zero-order valence-corrected chi connectivity index (χ0v) is 24.7. The first-order valence-electron chi connectivity index (χ1n) is 14.4. The van der Waals surface area contributed by atoms with Gasteiger partial charge in [-0.15, -0.1) is 0 Å². The number of guanidine groups is 1. The van der Waals surface area contributed by atoms with Gasteiger partial charge in [0.2, 0.25) is 17.7 Å². The molecular formula is C30H43N9O4. The van der Waals surface area contributed by atoms with E-state index in [-0.39, 0.29) is 37.0 Å². The van der Waals surface area contributed by atoms with Crippen molar-refractivity contribution in [2.24, 2.45) is 17.2 Å². The lowest BCUT2D eigenvalue weighted by Gasteiger charge is -2.24. The van der Waals surface area contributed by atoms with Crippen LogP contribution in [0, 0.1) is 19.3 Å². The van der Waals surface area contributed by atoms with E-state index in [2.05, 4.69) is 26.1 Å². The number of phenolic OH excluding ortho intramolecular Hbond substituents is 1. The molecular weight excluding hydrogens is 550 g/mol. The van der Waals surface area contributed by atoms with E-state index in [1.165, 1.54) is 0 Å². The van der Waals surface area contributed by atoms with Gasteiger partial charge in [0.25, 0.3) is 0 Å². The van der Waals surface area contributed by atoms with Crippen LogP contribution in [0.3, 0.4) is 0 Å². The minimum atomic E-state index is -0.995. The number of nitrogens with two attached hydrogens (primary N) is 3. The Labute approximate surface area is 251 Å². The van der Waals surface area contributed by atoms with Crippen molar-refractivity contribution in [3.05, 3.63) is 76.4 Å². The Balaban J connectivity index is 1.83. The number of aromatic hydroxyl groups is 1. The quantitative estimate of drug-likeness (QED) is 0.0671. The fraction of sp³-hybridized carbons (Fsp3) is 0.433. The summed E-state index contributed by atoms with van der Waals surface area (Å²) in [6.45, 7) is 4.39. The van der Waals surface area contributed by atoms with Gasteiger partial charge in [-0.2, -0.15) is 4.98 Å². The van der Waals surface area contributed by atoms with Gasteiger partial charge in [0.05, 0.1) is 6.04 Å². The first-order valence-corrected chi connectivity index (χ1v) is 14.4. The molecule has 0 aliphatic heterocycles. The standard InChI is InChI=1S/C30H43N9O4/c1-18-14-21(40)15-19(2)22(18)17-25(37-27(41)23(32)11-13-35-30(33)34)28(42)36-24(10-6-7-12-31)29-38-26(39-43-29)16-20-8-4-3-5-9-20/h3-5,8-9,14-15,23-25,40H,6-7,10-13,16-17,31-32H2,1-2H3,(H,36,42)(H,37,41)(H4,33,34,35)/t23?,24-,25?/m0/s1. The summed E-state index contributed by atoms with van der Waals surface area (Å²) in [5.41, 5.74) is 20.5. The highest BCUT2D eigenvalue weighted by molar-refractivity contribution is 5.90. The van der Waals surface area contributed by atoms with Gasteiger partial charge in [-0.25, -0.2) is 0 Å². The van der Waals surface area contributed by atoms with Crippen LogP contribution in [-0.4, -0.2) is 58.2 Å². The monoisotopic (exact) mass is 593 g/mol. The smallest absolute Gasteiger partial charge is 0.249 e. The number of unbranched alkanes of at least 4 members (excludes halogenated alkanes) is 1. The van der Waals surface area contributed by atoms with E-state index < -0.39 is 29.9 Å². The minimum absolute atomic E-state index is 0.117. The molecule has 3 rings (SSSR count). The van der Waals surface area contributed by atoms with Crippen LogP contribution >= 0.6 is 0 Å². The SMILES string of the molecule is Cc1cc(O)cc(C)c1CC(NC(=O)C(N)CCNC(=N)N)C(=O)N[C@@H](CCCCN)c1nc(Cc2ccccc2)no1. The van der Waals surface area contributed by atoms with Crippen LogP contribution in [0.15, 0.2) is 47.0 Å². The summed E-state index contributed by atoms with van der Waals surface area (Å²) in [6.07, 6.45) is 2.79. The van der Waals surface area contributed by atoms with Crippen LogP contribution < -0.4 is 33.2 Å². The lowest BCUT2D eigenvalue weighted by Crippen LogP contribution is -2.53. The Morgan fingerprint density at radius 3 is 2.40 bits per heavy atom. The zero-order valence-electron chi connectivity index (χ0n) is 24.7. The van der Waals surface area contributed by atoms with E-state index in [0.29, 0.717) is 31.6 Å². The Morgan fingerprint density at radius 1 is 1.05 bits per heavy atom. The summed E-state index contributed by atoms with van der Waals surface area (Å²) in [6, 6.07) is 10.4. The minimum Gasteiger partial charge on any atom is -0.508 e. The molecule has 0 saturated carbocycles. The van der Waals surface area contributed by atoms with Gasteiger partial charge in [-0.1, -0.05) is 35.5 Å². The Hall–Kier alpha value is -4.49. The van der Waals surface area contributed by atoms with Gasteiger partial charge in [0.1, 0.15) is 17.8 Å². The molecule has 0 fully saturated rings. The average Bonchev–Trinajstić information content (AvgIpc) is 3.42. The van der Waals surface area contributed by atoms with Gasteiger partial charge in [0, 0.05) is 19.4 Å². The van der Waals surface area contributed by atoms with Crippen molar-refractivity contribution < 1.29 is 19.2 Å². The largest absolute Gasteiger partial charge is 0.508 e. The zero-order chi connectivity index (χ0) is 31.4. The summed E-state index contributed by atoms with van der Waals surface area (Å²) >= 11 is 0. The van der Waals surface area contributed by atoms with Gasteiger partial charge in [-0.3, -0.25) is 15.0 Å². The van der Waals surface area contributed by atoms with Crippen LogP contribution in [0.2, 0.25) is 0 Å². The fourth-order valence-electron chi connectivity index (χ4n) is 4.76. The lowest BCUT2D eigenvalue weighted by molar-refractivity contribution is -0.130. The van der Waals surface area contributed by atoms with E-state index in [1.54, 1.807) is 12.1 Å². The number of aromatic nitrogens is 2. The number of aryl methyl sites for hydroxylation is 2. The molecule has 0 aliphatic rings. The molecule has 11 N–H and O–H groups in total. The molecule has 1 heterocycles. The number of carbonyl (C=O) groups excluding carboxylic acids is 2. The third kappa shape index (κ3) is 10.4. The summed E-state index contributed by atoms with van der Waals surface area (Å²) in [5.74, 6) is -0.324. The van der Waals surface area contributed by atoms with Crippen molar-refractivity contribution in [2.45, 2.75) is 70.5 Å². The maximum atomic E-state index is 13.8. The topological polar surface area (TPSA) is 231 Å². The third-order valence-electron chi connectivity index (χ3n) is 7.08. The number of amides is 2. The number of nitrogens with zero attached hydrogens (tertiary/aromatic N) is 2. The Bertz CT molecular complexity index is 1340. The Kier molecular flexibility index (Phi) is 12.5. The molecule has 0 saturated heterocycles. The fourth-order valence-corrected chi connectivity index (χ4v) is 4.76. The molecule has 0 spiro atoms. The normalized spacial score (nSPS) is 13.1. The highest BCUT2D eigenvalue weighted by atomic mass is 16.5. The van der Waals surface area contributed by atoms with Gasteiger partial charge >= 0.3 is 0 Å². The molecule has 1 aromatic heterocycles. The van der Waals surface area contributed by atoms with Crippen LogP contribution in [-0.2, 0) is 22.4 Å². The maximum absolute atomic E-state index is 13.8. The van der Waals surface area contributed by atoms with Crippen LogP contribution in [0.25, 0.3) is 0 Å². The summed E-state index contributed by atoms with van der Waals surface area (Å²) < 4.78 is 5.59. The first-order chi connectivity index (χ1) is 20.6. The van der Waals surface area contributed by atoms with E-state index in [9.17, 15) is 14.7 Å². The summed E-state index contributed by atoms with van der Waals surface area (Å²) in [5, 5.41) is 29.8. The number of nitrogens with one attached hydrogen (secondary N) is 4. The molecule has 2 unspecified atom stereocenters. The molecule has 0 radical (unpaired) electrons. The van der Waals surface area contributed by atoms with Crippen molar-refractivity contribution in [3.63, 3.8) is 0 Å². The van der Waals surface area contributed by atoms with Gasteiger partial charge in [0.15, 0.2) is 11.8 Å². The van der Waals surface area contributed by atoms with E-state index in [4.69, 9.17) is 27.1 Å². The predicted molar refractivity (Wildman–Crippen MR) is 163 cm³/mol. The highest BCUT2D eigenvalue weighted by Gasteiger charge is 2.29. The van der Waals surface area contributed by atoms with Crippen molar-refractivity contribution in [2.75, 3.05) is 13.1 Å². The second-order valence-corrected chi connectivity index (χ2v) is 10.6. The molecule has 13 heteroatoms. The van der Waals surface area contributed by atoms with Crippen LogP contribution in [0.4, 0.5) is 0 Å². The number of hydrogen-bond acceptors (Lipinski definition) is 9. The number of carbonyl (C=O) groups is 2. The first kappa shape index (κ1) is 33.0. The van der Waals surface area contributed by atoms with Gasteiger partial charge < -0.3 is 42.8 Å². The molecule has 43 heavy (non-hydrogen) atoms. The van der Waals surface area contributed by atoms with E-state index in [0.717, 1.165) is 28.7 Å². The second kappa shape index (κ2) is 16.2. The molecule has 13 nitrogen and oxygen atoms in total. The van der Waals surface area contributed by atoms with E-state index in [1.807, 2.05) is 44.2 Å². The number of benzene rings is 2. The van der Waals surface area contributed by atoms with Crippen molar-refractivity contribution in [1.29, 1.82) is 5.41 Å². The van der Waals surface area contributed by atoms with Crippen LogP contribution in [0.5, 0.6) is 5.75 Å². The lowest BCUT2D eigenvalue weighted by atomic mass is 9.95. The molecule has 3 aromatic rings. The summed E-state index contributed by atoms with van der Waals surface area (Å²) in [7, 11) is 0. The predicted octanol–water partition coefficient (Wildman–Crippen LogP) is 1.20. The molecule has 3 atom stereocenters. The Morgan fingerprint density at radius 2 is 1.74 bits per heavy atom. The molecule has 2 amide bonds. The number of rotatable bonds is 16. The molecule has 2 aromatic carbocycles. The van der Waals surface area contributed by atoms with Crippen LogP contribution in [0.1, 0.15) is 65.7 Å². The molecule has 0 aliphatic carbocycles. The van der Waals surface area contributed by atoms with E-state index >= 15 is 0 Å². The van der Waals surface area contributed by atoms with Crippen molar-refractivity contribution in [1.82, 2.24) is 26.1 Å². The summed E-state index contributed by atoms with van der Waals surface area (Å²) in [4.78, 5) is 31.5. The molecule has 232 valence electrons. The average molecular weight is 594 g/mol. The number of hydrogen-bond donors (Lipinski definition) is 8. The van der Waals surface area contributed by atoms with Crippen molar-refractivity contribution in [3.8, 4) is 5.75 Å². The maximum Gasteiger partial charge on any atom is 0.249 e. The number of phenols is 1. The molecule has 0 bridgehead atoms. The second-order valence-electron chi connectivity index (χ2n) is 10.6. The van der Waals surface area contributed by atoms with Gasteiger partial charge in [-0.05, 0) is 80.5 Å². The third-order valence-corrected chi connectivity index (χ3v) is 7.08. The van der Waals surface area contributed by atoms with Crippen molar-refractivity contribution >= 4 is 17.8 Å². The highest BCUT2D eigenvalue weighted by Crippen LogP contribution is 2.23.